The van der Waals surface area contributed by atoms with Gasteiger partial charge in [-0.2, -0.15) is 0 Å². The van der Waals surface area contributed by atoms with Crippen LogP contribution in [-0.2, 0) is 16.0 Å². The van der Waals surface area contributed by atoms with Gasteiger partial charge in [0.2, 0.25) is 0 Å². The Kier molecular flexibility index (Phi) is 5.66. The normalized spacial score (nSPS) is 28.7. The Morgan fingerprint density at radius 1 is 1.04 bits per heavy atom. The first-order valence-electron chi connectivity index (χ1n) is 9.90. The van der Waals surface area contributed by atoms with Gasteiger partial charge in [-0.1, -0.05) is 0 Å². The summed E-state index contributed by atoms with van der Waals surface area (Å²) in [6.07, 6.45) is 9.59. The maximum atomic E-state index is 6.24. The van der Waals surface area contributed by atoms with E-state index in [4.69, 9.17) is 9.47 Å². The van der Waals surface area contributed by atoms with Gasteiger partial charge >= 0.3 is 0 Å². The second-order valence-corrected chi connectivity index (χ2v) is 7.81. The Balaban J connectivity index is 1.32. The van der Waals surface area contributed by atoms with Gasteiger partial charge in [-0.3, -0.25) is 14.8 Å². The molecule has 1 aromatic heterocycles. The summed E-state index contributed by atoms with van der Waals surface area (Å²) in [6.45, 7) is 8.47. The Morgan fingerprint density at radius 3 is 2.72 bits per heavy atom. The Morgan fingerprint density at radius 2 is 1.88 bits per heavy atom. The summed E-state index contributed by atoms with van der Waals surface area (Å²) in [4.78, 5) is 9.46. The largest absolute Gasteiger partial charge is 0.381 e. The summed E-state index contributed by atoms with van der Waals surface area (Å²) < 4.78 is 11.8. The molecule has 3 saturated heterocycles. The van der Waals surface area contributed by atoms with Crippen molar-refractivity contribution in [3.63, 3.8) is 0 Å². The van der Waals surface area contributed by atoms with E-state index >= 15 is 0 Å². The fraction of sp³-hybridized carbons (Fsp3) is 0.750. The zero-order valence-electron chi connectivity index (χ0n) is 15.2. The van der Waals surface area contributed by atoms with Crippen molar-refractivity contribution < 1.29 is 9.47 Å². The van der Waals surface area contributed by atoms with E-state index in [1.54, 1.807) is 0 Å². The van der Waals surface area contributed by atoms with Crippen LogP contribution in [0.4, 0.5) is 0 Å². The molecule has 138 valence electrons. The molecule has 0 saturated carbocycles. The van der Waals surface area contributed by atoms with E-state index in [1.807, 2.05) is 12.4 Å². The van der Waals surface area contributed by atoms with Crippen molar-refractivity contribution in [3.8, 4) is 0 Å². The van der Waals surface area contributed by atoms with Crippen molar-refractivity contribution in [2.45, 2.75) is 50.3 Å². The topological polar surface area (TPSA) is 37.8 Å². The zero-order valence-corrected chi connectivity index (χ0v) is 15.2. The van der Waals surface area contributed by atoms with Crippen LogP contribution in [0.5, 0.6) is 0 Å². The molecule has 0 aliphatic carbocycles. The summed E-state index contributed by atoms with van der Waals surface area (Å²) >= 11 is 0. The van der Waals surface area contributed by atoms with Crippen LogP contribution >= 0.6 is 0 Å². The number of ether oxygens (including phenoxy) is 2. The van der Waals surface area contributed by atoms with Crippen molar-refractivity contribution in [3.05, 3.63) is 30.1 Å². The molecule has 4 rings (SSSR count). The molecule has 1 atom stereocenters. The molecule has 5 nitrogen and oxygen atoms in total. The minimum atomic E-state index is 0.101. The van der Waals surface area contributed by atoms with Crippen LogP contribution < -0.4 is 0 Å². The average Bonchev–Trinajstić information content (AvgIpc) is 2.89. The van der Waals surface area contributed by atoms with Crippen LogP contribution in [0.25, 0.3) is 0 Å². The van der Waals surface area contributed by atoms with Crippen LogP contribution in [0, 0.1) is 0 Å². The molecule has 5 heteroatoms. The number of nitrogens with zero attached hydrogens (tertiary/aromatic N) is 3. The molecule has 25 heavy (non-hydrogen) atoms. The minimum absolute atomic E-state index is 0.101. The average molecular weight is 345 g/mol. The minimum Gasteiger partial charge on any atom is -0.381 e. The SMILES string of the molecule is c1cc(CN2CCCN(C3CCOC4(CCOCC4)C3)CC2)ccn1. The van der Waals surface area contributed by atoms with Gasteiger partial charge in [0, 0.05) is 57.9 Å². The molecule has 0 bridgehead atoms. The van der Waals surface area contributed by atoms with Crippen molar-refractivity contribution in [1.82, 2.24) is 14.8 Å². The number of hydrogen-bond acceptors (Lipinski definition) is 5. The fourth-order valence-corrected chi connectivity index (χ4v) is 4.67. The second kappa shape index (κ2) is 8.12. The third-order valence-electron chi connectivity index (χ3n) is 6.17. The number of rotatable bonds is 3. The van der Waals surface area contributed by atoms with E-state index in [9.17, 15) is 0 Å². The lowest BCUT2D eigenvalue weighted by atomic mass is 9.83. The molecule has 0 amide bonds. The number of aromatic nitrogens is 1. The standard InChI is InChI=1S/C20H31N3O2/c1-9-22(17-18-2-7-21-8-3-18)11-12-23(10-1)19-4-13-25-20(16-19)5-14-24-15-6-20/h2-3,7-8,19H,1,4-6,9-17H2. The van der Waals surface area contributed by atoms with Gasteiger partial charge in [0.1, 0.15) is 0 Å². The number of pyridine rings is 1. The van der Waals surface area contributed by atoms with Crippen LogP contribution in [0.2, 0.25) is 0 Å². The van der Waals surface area contributed by atoms with Gasteiger partial charge in [-0.15, -0.1) is 0 Å². The van der Waals surface area contributed by atoms with Gasteiger partial charge in [0.25, 0.3) is 0 Å². The maximum Gasteiger partial charge on any atom is 0.0741 e. The molecule has 3 aliphatic rings. The lowest BCUT2D eigenvalue weighted by molar-refractivity contribution is -0.151. The van der Waals surface area contributed by atoms with Gasteiger partial charge in [0.05, 0.1) is 5.60 Å². The Labute approximate surface area is 151 Å². The van der Waals surface area contributed by atoms with E-state index in [0.29, 0.717) is 6.04 Å². The second-order valence-electron chi connectivity index (χ2n) is 7.81. The van der Waals surface area contributed by atoms with E-state index < -0.39 is 0 Å². The summed E-state index contributed by atoms with van der Waals surface area (Å²) in [5, 5.41) is 0. The highest BCUT2D eigenvalue weighted by Crippen LogP contribution is 2.36. The quantitative estimate of drug-likeness (QED) is 0.840. The summed E-state index contributed by atoms with van der Waals surface area (Å²) in [7, 11) is 0. The molecule has 0 radical (unpaired) electrons. The van der Waals surface area contributed by atoms with Crippen LogP contribution in [0.1, 0.15) is 37.7 Å². The molecule has 3 fully saturated rings. The first-order valence-corrected chi connectivity index (χ1v) is 9.90. The molecular formula is C20H31N3O2. The first kappa shape index (κ1) is 17.4. The summed E-state index contributed by atoms with van der Waals surface area (Å²) in [6, 6.07) is 4.96. The molecule has 1 unspecified atom stereocenters. The Hall–Kier alpha value is -1.01. The molecular weight excluding hydrogens is 314 g/mol. The maximum absolute atomic E-state index is 6.24. The Bertz CT molecular complexity index is 527. The molecule has 4 heterocycles. The fourth-order valence-electron chi connectivity index (χ4n) is 4.67. The third kappa shape index (κ3) is 4.40. The van der Waals surface area contributed by atoms with Crippen molar-refractivity contribution in [2.24, 2.45) is 0 Å². The lowest BCUT2D eigenvalue weighted by Gasteiger charge is -2.46. The van der Waals surface area contributed by atoms with Gasteiger partial charge < -0.3 is 9.47 Å². The first-order chi connectivity index (χ1) is 12.3. The van der Waals surface area contributed by atoms with E-state index in [0.717, 1.165) is 45.8 Å². The van der Waals surface area contributed by atoms with Crippen molar-refractivity contribution in [1.29, 1.82) is 0 Å². The highest BCUT2D eigenvalue weighted by Gasteiger charge is 2.40. The predicted octanol–water partition coefficient (Wildman–Crippen LogP) is 2.32. The van der Waals surface area contributed by atoms with Crippen molar-refractivity contribution in [2.75, 3.05) is 46.0 Å². The summed E-state index contributed by atoms with van der Waals surface area (Å²) in [5.74, 6) is 0. The van der Waals surface area contributed by atoms with Gasteiger partial charge in [-0.05, 0) is 62.9 Å². The van der Waals surface area contributed by atoms with Gasteiger partial charge in [0.15, 0.2) is 0 Å². The highest BCUT2D eigenvalue weighted by atomic mass is 16.5. The lowest BCUT2D eigenvalue weighted by Crippen LogP contribution is -2.51. The van der Waals surface area contributed by atoms with E-state index in [2.05, 4.69) is 26.9 Å². The van der Waals surface area contributed by atoms with E-state index in [1.165, 1.54) is 44.5 Å². The van der Waals surface area contributed by atoms with Crippen LogP contribution in [-0.4, -0.2) is 72.4 Å². The van der Waals surface area contributed by atoms with Crippen molar-refractivity contribution >= 4 is 0 Å². The monoisotopic (exact) mass is 345 g/mol. The molecule has 0 N–H and O–H groups in total. The smallest absolute Gasteiger partial charge is 0.0741 e. The third-order valence-corrected chi connectivity index (χ3v) is 6.17. The summed E-state index contributed by atoms with van der Waals surface area (Å²) in [5.41, 5.74) is 1.47. The van der Waals surface area contributed by atoms with Crippen LogP contribution in [0.3, 0.4) is 0 Å². The number of hydrogen-bond donors (Lipinski definition) is 0. The zero-order chi connectivity index (χ0) is 17.0. The molecule has 1 aromatic rings. The highest BCUT2D eigenvalue weighted by molar-refractivity contribution is 5.09. The van der Waals surface area contributed by atoms with E-state index in [-0.39, 0.29) is 5.60 Å². The van der Waals surface area contributed by atoms with Gasteiger partial charge in [-0.25, -0.2) is 0 Å². The molecule has 3 aliphatic heterocycles. The molecule has 1 spiro atoms. The predicted molar refractivity (Wildman–Crippen MR) is 97.5 cm³/mol. The molecule has 0 aromatic carbocycles. The van der Waals surface area contributed by atoms with Crippen LogP contribution in [0.15, 0.2) is 24.5 Å².